The van der Waals surface area contributed by atoms with Crippen molar-refractivity contribution in [2.45, 2.75) is 13.0 Å². The Morgan fingerprint density at radius 2 is 1.94 bits per heavy atom. The van der Waals surface area contributed by atoms with Crippen LogP contribution in [-0.2, 0) is 14.3 Å². The normalized spacial score (nSPS) is 11.7. The monoisotopic (exact) mass is 221 g/mol. The molecule has 85 valence electrons. The Kier molecular flexibility index (Phi) is 4.05. The largest absolute Gasteiger partial charge is 0.465 e. The molecule has 0 N–H and O–H groups in total. The number of hydrogen-bond acceptors (Lipinski definition) is 4. The van der Waals surface area contributed by atoms with Gasteiger partial charge in [0, 0.05) is 12.5 Å². The van der Waals surface area contributed by atoms with Gasteiger partial charge in [-0.2, -0.15) is 0 Å². The number of ether oxygens (including phenoxy) is 2. The molecule has 4 nitrogen and oxygen atoms in total. The minimum Gasteiger partial charge on any atom is -0.465 e. The summed E-state index contributed by atoms with van der Waals surface area (Å²) in [5, 5.41) is 0. The van der Waals surface area contributed by atoms with Crippen LogP contribution < -0.4 is 0 Å². The molecule has 0 bridgehead atoms. The van der Waals surface area contributed by atoms with Gasteiger partial charge in [-0.05, 0) is 13.0 Å². The lowest BCUT2D eigenvalue weighted by Gasteiger charge is -2.14. The van der Waals surface area contributed by atoms with Gasteiger partial charge in [0.25, 0.3) is 0 Å². The second kappa shape index (κ2) is 5.30. The fourth-order valence-electron chi connectivity index (χ4n) is 1.34. The van der Waals surface area contributed by atoms with Crippen LogP contribution in [0.2, 0.25) is 0 Å². The maximum absolute atomic E-state index is 11.4. The summed E-state index contributed by atoms with van der Waals surface area (Å²) in [4.78, 5) is 22.2. The molecule has 0 aliphatic rings. The van der Waals surface area contributed by atoms with E-state index in [1.54, 1.807) is 24.3 Å². The zero-order chi connectivity index (χ0) is 12.1. The van der Waals surface area contributed by atoms with Crippen molar-refractivity contribution in [2.75, 3.05) is 7.11 Å². The highest BCUT2D eigenvalue weighted by Crippen LogP contribution is 2.21. The van der Waals surface area contributed by atoms with Crippen LogP contribution in [0.5, 0.6) is 0 Å². The van der Waals surface area contributed by atoms with Crippen molar-refractivity contribution in [1.29, 1.82) is 0 Å². The van der Waals surface area contributed by atoms with Crippen LogP contribution in [0, 0.1) is 6.92 Å². The Hall–Kier alpha value is -1.84. The lowest BCUT2D eigenvalue weighted by molar-refractivity contribution is -0.144. The Labute approximate surface area is 94.2 Å². The van der Waals surface area contributed by atoms with E-state index in [9.17, 15) is 9.59 Å². The highest BCUT2D eigenvalue weighted by atomic mass is 16.5. The SMILES string of the molecule is [CH2]C(OC(C)=O)c1ccccc1C(=O)OC. The van der Waals surface area contributed by atoms with Crippen LogP contribution in [0.3, 0.4) is 0 Å². The molecule has 1 aromatic rings. The van der Waals surface area contributed by atoms with Crippen molar-refractivity contribution in [2.24, 2.45) is 0 Å². The van der Waals surface area contributed by atoms with Gasteiger partial charge >= 0.3 is 11.9 Å². The number of esters is 2. The van der Waals surface area contributed by atoms with E-state index in [0.717, 1.165) is 0 Å². The van der Waals surface area contributed by atoms with Crippen LogP contribution in [0.1, 0.15) is 28.9 Å². The molecule has 0 aromatic heterocycles. The first-order chi connectivity index (χ1) is 7.56. The van der Waals surface area contributed by atoms with Gasteiger partial charge in [-0.25, -0.2) is 4.79 Å². The lowest BCUT2D eigenvalue weighted by Crippen LogP contribution is -2.11. The summed E-state index contributed by atoms with van der Waals surface area (Å²) in [7, 11) is 1.29. The molecule has 1 atom stereocenters. The van der Waals surface area contributed by atoms with E-state index in [0.29, 0.717) is 11.1 Å². The molecule has 0 saturated heterocycles. The average molecular weight is 221 g/mol. The van der Waals surface area contributed by atoms with Gasteiger partial charge in [0.2, 0.25) is 0 Å². The van der Waals surface area contributed by atoms with Crippen molar-refractivity contribution in [3.8, 4) is 0 Å². The van der Waals surface area contributed by atoms with Gasteiger partial charge in [0.1, 0.15) is 6.10 Å². The number of rotatable bonds is 3. The highest BCUT2D eigenvalue weighted by Gasteiger charge is 2.17. The summed E-state index contributed by atoms with van der Waals surface area (Å²) >= 11 is 0. The predicted octanol–water partition coefficient (Wildman–Crippen LogP) is 1.91. The minimum absolute atomic E-state index is 0.353. The Bertz CT molecular complexity index is 398. The van der Waals surface area contributed by atoms with Crippen molar-refractivity contribution in [3.05, 3.63) is 42.3 Å². The third-order valence-electron chi connectivity index (χ3n) is 2.02. The van der Waals surface area contributed by atoms with E-state index in [1.165, 1.54) is 14.0 Å². The molecule has 0 heterocycles. The number of carbonyl (C=O) groups is 2. The number of benzene rings is 1. The predicted molar refractivity (Wildman–Crippen MR) is 57.6 cm³/mol. The number of carbonyl (C=O) groups excluding carboxylic acids is 2. The lowest BCUT2D eigenvalue weighted by atomic mass is 10.0. The molecular formula is C12H13O4. The molecule has 0 spiro atoms. The van der Waals surface area contributed by atoms with E-state index in [4.69, 9.17) is 4.74 Å². The van der Waals surface area contributed by atoms with Gasteiger partial charge in [-0.1, -0.05) is 18.2 Å². The molecule has 1 unspecified atom stereocenters. The van der Waals surface area contributed by atoms with Crippen LogP contribution >= 0.6 is 0 Å². The van der Waals surface area contributed by atoms with Gasteiger partial charge in [-0.3, -0.25) is 4.79 Å². The third-order valence-corrected chi connectivity index (χ3v) is 2.02. The van der Waals surface area contributed by atoms with E-state index in [-0.39, 0.29) is 0 Å². The Balaban J connectivity index is 3.03. The summed E-state index contributed by atoms with van der Waals surface area (Å²) < 4.78 is 9.54. The summed E-state index contributed by atoms with van der Waals surface area (Å²) in [6.45, 7) is 4.97. The standard InChI is InChI=1S/C12H13O4/c1-8(16-9(2)13)10-6-4-5-7-11(10)12(14)15-3/h4-8H,1H2,2-3H3. The maximum atomic E-state index is 11.4. The number of methoxy groups -OCH3 is 1. The molecule has 1 aromatic carbocycles. The highest BCUT2D eigenvalue weighted by molar-refractivity contribution is 5.91. The molecule has 4 heteroatoms. The van der Waals surface area contributed by atoms with E-state index in [1.807, 2.05) is 0 Å². The second-order valence-electron chi connectivity index (χ2n) is 3.18. The van der Waals surface area contributed by atoms with Gasteiger partial charge < -0.3 is 9.47 Å². The first kappa shape index (κ1) is 12.2. The van der Waals surface area contributed by atoms with Crippen LogP contribution in [0.15, 0.2) is 24.3 Å². The molecule has 0 aliphatic carbocycles. The van der Waals surface area contributed by atoms with Crippen molar-refractivity contribution < 1.29 is 19.1 Å². The fraction of sp³-hybridized carbons (Fsp3) is 0.250. The summed E-state index contributed by atoms with van der Waals surface area (Å²) in [5.74, 6) is -0.920. The smallest absolute Gasteiger partial charge is 0.338 e. The molecule has 0 fully saturated rings. The van der Waals surface area contributed by atoms with E-state index < -0.39 is 18.0 Å². The van der Waals surface area contributed by atoms with Crippen LogP contribution in [0.4, 0.5) is 0 Å². The maximum Gasteiger partial charge on any atom is 0.338 e. The molecule has 0 amide bonds. The first-order valence-corrected chi connectivity index (χ1v) is 4.73. The number of hydrogen-bond donors (Lipinski definition) is 0. The molecule has 16 heavy (non-hydrogen) atoms. The summed E-state index contributed by atoms with van der Waals surface area (Å²) in [6, 6.07) is 6.72. The minimum atomic E-state index is -0.715. The molecule has 1 radical (unpaired) electrons. The fourth-order valence-corrected chi connectivity index (χ4v) is 1.34. The topological polar surface area (TPSA) is 52.6 Å². The first-order valence-electron chi connectivity index (χ1n) is 4.73. The molecule has 0 saturated carbocycles. The van der Waals surface area contributed by atoms with E-state index in [2.05, 4.69) is 11.7 Å². The van der Waals surface area contributed by atoms with Gasteiger partial charge in [0.15, 0.2) is 0 Å². The average Bonchev–Trinajstić information content (AvgIpc) is 2.27. The zero-order valence-corrected chi connectivity index (χ0v) is 9.23. The summed E-state index contributed by atoms with van der Waals surface area (Å²) in [5.41, 5.74) is 0.885. The Morgan fingerprint density at radius 3 is 2.50 bits per heavy atom. The van der Waals surface area contributed by atoms with E-state index >= 15 is 0 Å². The van der Waals surface area contributed by atoms with Crippen LogP contribution in [-0.4, -0.2) is 19.0 Å². The van der Waals surface area contributed by atoms with Gasteiger partial charge in [0.05, 0.1) is 12.7 Å². The second-order valence-corrected chi connectivity index (χ2v) is 3.18. The van der Waals surface area contributed by atoms with Crippen molar-refractivity contribution in [1.82, 2.24) is 0 Å². The van der Waals surface area contributed by atoms with Crippen molar-refractivity contribution >= 4 is 11.9 Å². The van der Waals surface area contributed by atoms with Crippen molar-refractivity contribution in [3.63, 3.8) is 0 Å². The third kappa shape index (κ3) is 2.82. The van der Waals surface area contributed by atoms with Gasteiger partial charge in [-0.15, -0.1) is 0 Å². The summed E-state index contributed by atoms with van der Waals surface area (Å²) in [6.07, 6.45) is -0.715. The Morgan fingerprint density at radius 1 is 1.31 bits per heavy atom. The molecule has 1 rings (SSSR count). The zero-order valence-electron chi connectivity index (χ0n) is 9.23. The molecule has 0 aliphatic heterocycles. The van der Waals surface area contributed by atoms with Crippen LogP contribution in [0.25, 0.3) is 0 Å². The quantitative estimate of drug-likeness (QED) is 0.731. The molecular weight excluding hydrogens is 208 g/mol.